The highest BCUT2D eigenvalue weighted by molar-refractivity contribution is 5.65. The van der Waals surface area contributed by atoms with E-state index in [0.29, 0.717) is 13.0 Å². The van der Waals surface area contributed by atoms with E-state index in [1.807, 2.05) is 30.3 Å². The fraction of sp³-hybridized carbons (Fsp3) is 0.417. The van der Waals surface area contributed by atoms with Crippen LogP contribution >= 0.6 is 0 Å². The molecule has 0 saturated carbocycles. The highest BCUT2D eigenvalue weighted by Crippen LogP contribution is 2.28. The van der Waals surface area contributed by atoms with Crippen molar-refractivity contribution in [3.05, 3.63) is 35.9 Å². The van der Waals surface area contributed by atoms with E-state index in [2.05, 4.69) is 0 Å². The van der Waals surface area contributed by atoms with Gasteiger partial charge in [-0.05, 0) is 12.0 Å². The second-order valence-electron chi connectivity index (χ2n) is 4.10. The molecule has 0 unspecified atom stereocenters. The van der Waals surface area contributed by atoms with Crippen LogP contribution in [0.3, 0.4) is 0 Å². The Morgan fingerprint density at radius 2 is 2.00 bits per heavy atom. The zero-order chi connectivity index (χ0) is 11.5. The third-order valence-corrected chi connectivity index (χ3v) is 3.08. The van der Waals surface area contributed by atoms with Crippen molar-refractivity contribution in [2.45, 2.75) is 18.4 Å². The van der Waals surface area contributed by atoms with Crippen LogP contribution in [0.4, 0.5) is 4.79 Å². The molecule has 2 N–H and O–H groups in total. The predicted molar refractivity (Wildman–Crippen MR) is 59.4 cm³/mol. The summed E-state index contributed by atoms with van der Waals surface area (Å²) >= 11 is 0. The van der Waals surface area contributed by atoms with Crippen LogP contribution in [0.1, 0.15) is 17.9 Å². The van der Waals surface area contributed by atoms with Crippen LogP contribution in [0, 0.1) is 0 Å². The van der Waals surface area contributed by atoms with E-state index >= 15 is 0 Å². The Morgan fingerprint density at radius 3 is 2.56 bits per heavy atom. The molecular weight excluding hydrogens is 206 g/mol. The second-order valence-corrected chi connectivity index (χ2v) is 4.10. The summed E-state index contributed by atoms with van der Waals surface area (Å²) in [5.74, 6) is 0.0526. The normalized spacial score (nSPS) is 25.4. The SMILES string of the molecule is O=C(O)N1CC[C@H](c2ccccc2)[C@@H](O)C1. The van der Waals surface area contributed by atoms with Crippen molar-refractivity contribution in [1.29, 1.82) is 0 Å². The van der Waals surface area contributed by atoms with E-state index in [1.165, 1.54) is 4.90 Å². The molecule has 16 heavy (non-hydrogen) atoms. The van der Waals surface area contributed by atoms with Gasteiger partial charge in [0.2, 0.25) is 0 Å². The van der Waals surface area contributed by atoms with Crippen molar-refractivity contribution in [3.63, 3.8) is 0 Å². The van der Waals surface area contributed by atoms with Gasteiger partial charge in [-0.2, -0.15) is 0 Å². The van der Waals surface area contributed by atoms with Crippen LogP contribution in [0.15, 0.2) is 30.3 Å². The molecule has 4 heteroatoms. The maximum atomic E-state index is 10.8. The molecule has 2 atom stereocenters. The lowest BCUT2D eigenvalue weighted by molar-refractivity contribution is 0.0504. The fourth-order valence-corrected chi connectivity index (χ4v) is 2.19. The minimum Gasteiger partial charge on any atom is -0.465 e. The van der Waals surface area contributed by atoms with E-state index in [0.717, 1.165) is 5.56 Å². The van der Waals surface area contributed by atoms with Crippen LogP contribution in [0.2, 0.25) is 0 Å². The molecule has 0 bridgehead atoms. The predicted octanol–water partition coefficient (Wildman–Crippen LogP) is 1.51. The number of likely N-dealkylation sites (tertiary alicyclic amines) is 1. The van der Waals surface area contributed by atoms with E-state index in [4.69, 9.17) is 5.11 Å². The summed E-state index contributed by atoms with van der Waals surface area (Å²) in [6.07, 6.45) is -0.880. The van der Waals surface area contributed by atoms with Gasteiger partial charge in [0.15, 0.2) is 0 Å². The molecule has 1 fully saturated rings. The van der Waals surface area contributed by atoms with Crippen LogP contribution in [-0.2, 0) is 0 Å². The maximum absolute atomic E-state index is 10.8. The number of aliphatic hydroxyl groups excluding tert-OH is 1. The number of carbonyl (C=O) groups is 1. The third-order valence-electron chi connectivity index (χ3n) is 3.08. The second kappa shape index (κ2) is 4.53. The molecule has 1 aliphatic rings. The van der Waals surface area contributed by atoms with Gasteiger partial charge >= 0.3 is 6.09 Å². The molecule has 0 aliphatic carbocycles. The number of β-amino-alcohol motifs (C(OH)–C–C–N with tert-alkyl or cyclic N) is 1. The molecule has 86 valence electrons. The molecule has 0 radical (unpaired) electrons. The Hall–Kier alpha value is -1.55. The Morgan fingerprint density at radius 1 is 1.31 bits per heavy atom. The number of nitrogens with zero attached hydrogens (tertiary/aromatic N) is 1. The summed E-state index contributed by atoms with van der Waals surface area (Å²) in [5.41, 5.74) is 1.08. The van der Waals surface area contributed by atoms with Crippen molar-refractivity contribution in [3.8, 4) is 0 Å². The number of hydrogen-bond donors (Lipinski definition) is 2. The van der Waals surface area contributed by atoms with E-state index in [-0.39, 0.29) is 12.5 Å². The zero-order valence-electron chi connectivity index (χ0n) is 8.91. The van der Waals surface area contributed by atoms with E-state index in [9.17, 15) is 9.90 Å². The van der Waals surface area contributed by atoms with E-state index in [1.54, 1.807) is 0 Å². The summed E-state index contributed by atoms with van der Waals surface area (Å²) in [6, 6.07) is 9.76. The Kier molecular flexibility index (Phi) is 3.10. The van der Waals surface area contributed by atoms with Gasteiger partial charge < -0.3 is 15.1 Å². The minimum atomic E-state index is -0.953. The molecule has 1 aromatic carbocycles. The zero-order valence-corrected chi connectivity index (χ0v) is 8.91. The fourth-order valence-electron chi connectivity index (χ4n) is 2.19. The van der Waals surface area contributed by atoms with Gasteiger partial charge in [-0.15, -0.1) is 0 Å². The molecule has 0 aromatic heterocycles. The number of rotatable bonds is 1. The third kappa shape index (κ3) is 2.17. The highest BCUT2D eigenvalue weighted by atomic mass is 16.4. The smallest absolute Gasteiger partial charge is 0.407 e. The molecule has 2 rings (SSSR count). The first-order valence-electron chi connectivity index (χ1n) is 5.39. The number of piperidine rings is 1. The first kappa shape index (κ1) is 11.0. The van der Waals surface area contributed by atoms with Crippen molar-refractivity contribution in [2.24, 2.45) is 0 Å². The molecule has 1 heterocycles. The molecular formula is C12H15NO3. The average molecular weight is 221 g/mol. The number of hydrogen-bond acceptors (Lipinski definition) is 2. The lowest BCUT2D eigenvalue weighted by Gasteiger charge is -2.34. The summed E-state index contributed by atoms with van der Waals surface area (Å²) in [6.45, 7) is 0.695. The maximum Gasteiger partial charge on any atom is 0.407 e. The molecule has 1 aromatic rings. The first-order chi connectivity index (χ1) is 7.68. The van der Waals surface area contributed by atoms with Crippen molar-refractivity contribution < 1.29 is 15.0 Å². The molecule has 0 spiro atoms. The minimum absolute atomic E-state index is 0.0526. The Bertz CT molecular complexity index is 366. The summed E-state index contributed by atoms with van der Waals surface area (Å²) in [4.78, 5) is 12.0. The number of carboxylic acid groups (broad SMARTS) is 1. The van der Waals surface area contributed by atoms with Crippen molar-refractivity contribution >= 4 is 6.09 Å². The summed E-state index contributed by atoms with van der Waals surface area (Å²) in [7, 11) is 0. The molecule has 1 amide bonds. The van der Waals surface area contributed by atoms with Gasteiger partial charge in [-0.25, -0.2) is 4.79 Å². The lowest BCUT2D eigenvalue weighted by Crippen LogP contribution is -2.45. The number of benzene rings is 1. The number of amides is 1. The summed E-state index contributed by atoms with van der Waals surface area (Å²) in [5, 5.41) is 18.8. The van der Waals surface area contributed by atoms with Gasteiger partial charge in [0, 0.05) is 12.5 Å². The van der Waals surface area contributed by atoms with Crippen LogP contribution in [0.5, 0.6) is 0 Å². The number of aliphatic hydroxyl groups is 1. The Labute approximate surface area is 94.1 Å². The van der Waals surface area contributed by atoms with Gasteiger partial charge in [0.25, 0.3) is 0 Å². The van der Waals surface area contributed by atoms with Crippen molar-refractivity contribution in [2.75, 3.05) is 13.1 Å². The first-order valence-corrected chi connectivity index (χ1v) is 5.39. The average Bonchev–Trinajstić information content (AvgIpc) is 2.30. The molecule has 1 saturated heterocycles. The largest absolute Gasteiger partial charge is 0.465 e. The van der Waals surface area contributed by atoms with Crippen LogP contribution in [0.25, 0.3) is 0 Å². The molecule has 1 aliphatic heterocycles. The lowest BCUT2D eigenvalue weighted by atomic mass is 9.87. The molecule has 4 nitrogen and oxygen atoms in total. The van der Waals surface area contributed by atoms with Gasteiger partial charge in [-0.1, -0.05) is 30.3 Å². The van der Waals surface area contributed by atoms with Crippen molar-refractivity contribution in [1.82, 2.24) is 4.90 Å². The monoisotopic (exact) mass is 221 g/mol. The highest BCUT2D eigenvalue weighted by Gasteiger charge is 2.30. The topological polar surface area (TPSA) is 60.8 Å². The van der Waals surface area contributed by atoms with Gasteiger partial charge in [0.05, 0.1) is 12.6 Å². The van der Waals surface area contributed by atoms with Gasteiger partial charge in [0.1, 0.15) is 0 Å². The summed E-state index contributed by atoms with van der Waals surface area (Å²) < 4.78 is 0. The van der Waals surface area contributed by atoms with Gasteiger partial charge in [-0.3, -0.25) is 0 Å². The quantitative estimate of drug-likeness (QED) is 0.755. The standard InChI is InChI=1S/C12H15NO3/c14-11-8-13(12(15)16)7-6-10(11)9-4-2-1-3-5-9/h1-5,10-11,14H,6-8H2,(H,15,16)/t10-,11+/m1/s1. The Balaban J connectivity index is 2.08. The van der Waals surface area contributed by atoms with E-state index < -0.39 is 12.2 Å². The van der Waals surface area contributed by atoms with Crippen LogP contribution < -0.4 is 0 Å². The van der Waals surface area contributed by atoms with Crippen LogP contribution in [-0.4, -0.2) is 40.4 Å².